The van der Waals surface area contributed by atoms with Crippen molar-refractivity contribution in [1.82, 2.24) is 24.8 Å². The molecule has 4 heterocycles. The average molecular weight is 424 g/mol. The molecule has 164 valence electrons. The number of nitrogens with zero attached hydrogens (tertiary/aromatic N) is 5. The summed E-state index contributed by atoms with van der Waals surface area (Å²) < 4.78 is 5.49. The molecule has 3 N–H and O–H groups in total. The number of aromatic hydroxyl groups is 1. The molecule has 0 aliphatic carbocycles. The Kier molecular flexibility index (Phi) is 5.86. The zero-order chi connectivity index (χ0) is 21.0. The van der Waals surface area contributed by atoms with Gasteiger partial charge in [-0.15, -0.1) is 0 Å². The van der Waals surface area contributed by atoms with Gasteiger partial charge < -0.3 is 25.0 Å². The van der Waals surface area contributed by atoms with Gasteiger partial charge in [0.05, 0.1) is 13.2 Å². The number of piperidine rings is 1. The minimum absolute atomic E-state index is 0.285. The molecule has 31 heavy (non-hydrogen) atoms. The van der Waals surface area contributed by atoms with E-state index in [-0.39, 0.29) is 5.75 Å². The van der Waals surface area contributed by atoms with Crippen LogP contribution in [0, 0.1) is 0 Å². The Balaban J connectivity index is 1.21. The fourth-order valence-electron chi connectivity index (χ4n) is 4.47. The molecular weight excluding hydrogens is 394 g/mol. The Morgan fingerprint density at radius 2 is 1.84 bits per heavy atom. The monoisotopic (exact) mass is 423 g/mol. The normalized spacial score (nSPS) is 18.5. The topological polar surface area (TPSA) is 102 Å². The first-order valence-corrected chi connectivity index (χ1v) is 11.1. The van der Waals surface area contributed by atoms with E-state index in [2.05, 4.69) is 30.1 Å². The number of benzene rings is 1. The number of anilines is 2. The summed E-state index contributed by atoms with van der Waals surface area (Å²) in [6, 6.07) is 7.92. The summed E-state index contributed by atoms with van der Waals surface area (Å²) in [7, 11) is 0. The third kappa shape index (κ3) is 4.57. The van der Waals surface area contributed by atoms with Crippen molar-refractivity contribution in [3.05, 3.63) is 36.2 Å². The van der Waals surface area contributed by atoms with Gasteiger partial charge in [0, 0.05) is 38.8 Å². The number of morpholine rings is 1. The molecule has 2 saturated heterocycles. The second kappa shape index (κ2) is 9.07. The van der Waals surface area contributed by atoms with Crippen LogP contribution in [0.25, 0.3) is 11.2 Å². The molecule has 0 amide bonds. The molecule has 2 aliphatic heterocycles. The molecule has 9 heteroatoms. The van der Waals surface area contributed by atoms with E-state index < -0.39 is 0 Å². The van der Waals surface area contributed by atoms with E-state index in [9.17, 15) is 5.11 Å². The summed E-state index contributed by atoms with van der Waals surface area (Å²) in [5.74, 6) is 1.93. The van der Waals surface area contributed by atoms with Gasteiger partial charge in [0.15, 0.2) is 11.5 Å². The molecule has 0 radical (unpaired) electrons. The van der Waals surface area contributed by atoms with E-state index in [4.69, 9.17) is 9.72 Å². The molecule has 0 saturated carbocycles. The second-order valence-corrected chi connectivity index (χ2v) is 8.19. The zero-order valence-electron chi connectivity index (χ0n) is 17.6. The summed E-state index contributed by atoms with van der Waals surface area (Å²) in [5.41, 5.74) is 2.69. The Bertz CT molecular complexity index is 993. The van der Waals surface area contributed by atoms with Crippen LogP contribution in [0.1, 0.15) is 18.4 Å². The highest BCUT2D eigenvalue weighted by molar-refractivity contribution is 5.84. The maximum atomic E-state index is 9.41. The van der Waals surface area contributed by atoms with Crippen LogP contribution in [0.5, 0.6) is 5.75 Å². The van der Waals surface area contributed by atoms with E-state index in [1.54, 1.807) is 18.5 Å². The number of ether oxygens (including phenoxy) is 1. The van der Waals surface area contributed by atoms with Crippen molar-refractivity contribution in [2.24, 2.45) is 0 Å². The molecule has 1 aromatic carbocycles. The maximum absolute atomic E-state index is 9.41. The number of aromatic amines is 1. The van der Waals surface area contributed by atoms with Crippen LogP contribution in [0.2, 0.25) is 0 Å². The minimum atomic E-state index is 0.285. The van der Waals surface area contributed by atoms with Gasteiger partial charge in [-0.1, -0.05) is 12.1 Å². The molecule has 2 aromatic heterocycles. The van der Waals surface area contributed by atoms with Gasteiger partial charge in [-0.25, -0.2) is 9.97 Å². The lowest BCUT2D eigenvalue weighted by molar-refractivity contribution is 0.0114. The van der Waals surface area contributed by atoms with Crippen molar-refractivity contribution in [3.63, 3.8) is 0 Å². The molecule has 0 unspecified atom stereocenters. The number of phenolic OH excluding ortho intramolecular Hbond substituents is 1. The summed E-state index contributed by atoms with van der Waals surface area (Å²) in [5, 5.41) is 12.8. The number of fused-ring (bicyclic) bond motifs is 1. The van der Waals surface area contributed by atoms with Gasteiger partial charge in [-0.3, -0.25) is 4.90 Å². The Hall–Kier alpha value is -2.91. The fraction of sp³-hybridized carbons (Fsp3) is 0.500. The third-order valence-corrected chi connectivity index (χ3v) is 6.24. The molecule has 2 aliphatic rings. The summed E-state index contributed by atoms with van der Waals surface area (Å²) in [6.07, 6.45) is 4.67. The third-order valence-electron chi connectivity index (χ3n) is 6.24. The van der Waals surface area contributed by atoms with E-state index in [1.807, 2.05) is 12.1 Å². The Morgan fingerprint density at radius 3 is 2.61 bits per heavy atom. The van der Waals surface area contributed by atoms with Gasteiger partial charge in [0.1, 0.15) is 17.6 Å². The number of phenols is 1. The lowest BCUT2D eigenvalue weighted by Crippen LogP contribution is -2.49. The van der Waals surface area contributed by atoms with Gasteiger partial charge >= 0.3 is 0 Å². The predicted octanol–water partition coefficient (Wildman–Crippen LogP) is 2.01. The van der Waals surface area contributed by atoms with Crippen LogP contribution in [0.4, 0.5) is 11.8 Å². The predicted molar refractivity (Wildman–Crippen MR) is 120 cm³/mol. The molecule has 2 fully saturated rings. The van der Waals surface area contributed by atoms with Crippen molar-refractivity contribution in [2.45, 2.75) is 25.3 Å². The first-order chi connectivity index (χ1) is 15.3. The van der Waals surface area contributed by atoms with Crippen molar-refractivity contribution in [2.75, 3.05) is 56.2 Å². The smallest absolute Gasteiger partial charge is 0.205 e. The van der Waals surface area contributed by atoms with Crippen LogP contribution in [-0.2, 0) is 11.2 Å². The fourth-order valence-corrected chi connectivity index (χ4v) is 4.47. The number of hydrogen-bond donors (Lipinski definition) is 3. The van der Waals surface area contributed by atoms with Crippen LogP contribution in [0.15, 0.2) is 30.6 Å². The zero-order valence-corrected chi connectivity index (χ0v) is 17.6. The van der Waals surface area contributed by atoms with Crippen LogP contribution < -0.4 is 10.2 Å². The molecule has 0 spiro atoms. The second-order valence-electron chi connectivity index (χ2n) is 8.19. The van der Waals surface area contributed by atoms with E-state index in [1.165, 1.54) is 0 Å². The maximum Gasteiger partial charge on any atom is 0.205 e. The first kappa shape index (κ1) is 20.0. The van der Waals surface area contributed by atoms with E-state index in [0.717, 1.165) is 88.0 Å². The SMILES string of the molecule is Oc1ccc(CCNc2ncnc3nc(N4CCC(N5CCOCC5)CC4)[nH]c23)cc1. The average Bonchev–Trinajstić information content (AvgIpc) is 3.26. The van der Waals surface area contributed by atoms with Crippen molar-refractivity contribution in [1.29, 1.82) is 0 Å². The van der Waals surface area contributed by atoms with Crippen LogP contribution >= 0.6 is 0 Å². The van der Waals surface area contributed by atoms with Crippen molar-refractivity contribution in [3.8, 4) is 5.75 Å². The molecule has 0 atom stereocenters. The Morgan fingerprint density at radius 1 is 1.06 bits per heavy atom. The lowest BCUT2D eigenvalue weighted by atomic mass is 10.0. The van der Waals surface area contributed by atoms with Gasteiger partial charge in [0.25, 0.3) is 0 Å². The van der Waals surface area contributed by atoms with Crippen LogP contribution in [-0.4, -0.2) is 81.9 Å². The highest BCUT2D eigenvalue weighted by Gasteiger charge is 2.27. The minimum Gasteiger partial charge on any atom is -0.508 e. The molecule has 9 nitrogen and oxygen atoms in total. The first-order valence-electron chi connectivity index (χ1n) is 11.1. The van der Waals surface area contributed by atoms with Gasteiger partial charge in [-0.05, 0) is 37.0 Å². The van der Waals surface area contributed by atoms with E-state index in [0.29, 0.717) is 11.7 Å². The molecule has 3 aromatic rings. The van der Waals surface area contributed by atoms with Crippen LogP contribution in [0.3, 0.4) is 0 Å². The quantitative estimate of drug-likeness (QED) is 0.553. The van der Waals surface area contributed by atoms with Gasteiger partial charge in [-0.2, -0.15) is 4.98 Å². The highest BCUT2D eigenvalue weighted by Crippen LogP contribution is 2.25. The number of hydrogen-bond acceptors (Lipinski definition) is 8. The van der Waals surface area contributed by atoms with E-state index >= 15 is 0 Å². The largest absolute Gasteiger partial charge is 0.508 e. The van der Waals surface area contributed by atoms with Crippen molar-refractivity contribution < 1.29 is 9.84 Å². The number of rotatable bonds is 6. The number of aromatic nitrogens is 4. The standard InChI is InChI=1S/C22H29N7O2/c30-18-3-1-16(2-4-18)5-8-23-20-19-21(25-15-24-20)27-22(26-19)29-9-6-17(7-10-29)28-11-13-31-14-12-28/h1-4,15,17,30H,5-14H2,(H2,23,24,25,26,27). The Labute approximate surface area is 181 Å². The number of H-pyrrole nitrogens is 1. The summed E-state index contributed by atoms with van der Waals surface area (Å²) >= 11 is 0. The number of nitrogens with one attached hydrogen (secondary N) is 2. The summed E-state index contributed by atoms with van der Waals surface area (Å²) in [4.78, 5) is 21.8. The number of imidazole rings is 1. The van der Waals surface area contributed by atoms with Gasteiger partial charge in [0.2, 0.25) is 5.95 Å². The highest BCUT2D eigenvalue weighted by atomic mass is 16.5. The molecule has 0 bridgehead atoms. The molecule has 5 rings (SSSR count). The lowest BCUT2D eigenvalue weighted by Gasteiger charge is -2.40. The molecular formula is C22H29N7O2. The summed E-state index contributed by atoms with van der Waals surface area (Å²) in [6.45, 7) is 6.50. The van der Waals surface area contributed by atoms with Crippen molar-refractivity contribution >= 4 is 22.9 Å².